The second kappa shape index (κ2) is 8.35. The monoisotopic (exact) mass is 451 g/mol. The summed E-state index contributed by atoms with van der Waals surface area (Å²) in [5.41, 5.74) is -0.810. The first-order valence-electron chi connectivity index (χ1n) is 10.5. The lowest BCUT2D eigenvalue weighted by Crippen LogP contribution is -2.39. The second-order valence-electron chi connectivity index (χ2n) is 9.40. The summed E-state index contributed by atoms with van der Waals surface area (Å²) in [6.45, 7) is 6.34. The molecule has 2 fully saturated rings. The molecule has 1 saturated carbocycles. The molecule has 1 aromatic rings. The van der Waals surface area contributed by atoms with Gasteiger partial charge in [0.15, 0.2) is 0 Å². The average Bonchev–Trinajstić information content (AvgIpc) is 3.34. The minimum atomic E-state index is -0.869. The van der Waals surface area contributed by atoms with Gasteiger partial charge in [-0.05, 0) is 57.7 Å². The fraction of sp³-hybridized carbons (Fsp3) is 0.636. The Morgan fingerprint density at radius 1 is 1.45 bits per heavy atom. The predicted molar refractivity (Wildman–Crippen MR) is 117 cm³/mol. The van der Waals surface area contributed by atoms with Gasteiger partial charge in [-0.2, -0.15) is 0 Å². The zero-order valence-corrected chi connectivity index (χ0v) is 19.0. The SMILES string of the molecule is CON([O-])c1ccc(F)c(C23COC[C@H]2CSC(CC2C[C@@H]2C(=O)OC(C)(C)C)=N3)c1. The normalized spacial score (nSPS) is 29.9. The number of hydrogen-bond donors (Lipinski definition) is 0. The largest absolute Gasteiger partial charge is 0.733 e. The molecule has 7 nitrogen and oxygen atoms in total. The lowest BCUT2D eigenvalue weighted by atomic mass is 9.81. The van der Waals surface area contributed by atoms with Crippen molar-refractivity contribution in [2.45, 2.75) is 44.8 Å². The molecule has 2 aliphatic heterocycles. The van der Waals surface area contributed by atoms with Crippen LogP contribution in [0.15, 0.2) is 23.2 Å². The van der Waals surface area contributed by atoms with E-state index in [2.05, 4.69) is 0 Å². The van der Waals surface area contributed by atoms with Gasteiger partial charge in [0.25, 0.3) is 0 Å². The molecule has 1 aromatic carbocycles. The number of thioether (sulfide) groups is 1. The molecule has 1 aliphatic carbocycles. The summed E-state index contributed by atoms with van der Waals surface area (Å²) in [6, 6.07) is 4.16. The van der Waals surface area contributed by atoms with Crippen LogP contribution in [0.2, 0.25) is 0 Å². The number of carbonyl (C=O) groups excluding carboxylic acids is 1. The van der Waals surface area contributed by atoms with Crippen LogP contribution < -0.4 is 5.23 Å². The fourth-order valence-corrected chi connectivity index (χ4v) is 5.59. The summed E-state index contributed by atoms with van der Waals surface area (Å²) in [5, 5.41) is 13.2. The number of halogens is 1. The molecule has 0 spiro atoms. The van der Waals surface area contributed by atoms with E-state index in [9.17, 15) is 14.4 Å². The first-order chi connectivity index (χ1) is 14.6. The summed E-state index contributed by atoms with van der Waals surface area (Å²) in [5.74, 6) is 0.263. The van der Waals surface area contributed by atoms with Crippen LogP contribution in [0.4, 0.5) is 10.1 Å². The van der Waals surface area contributed by atoms with E-state index in [0.29, 0.717) is 23.8 Å². The minimum absolute atomic E-state index is 0.00880. The van der Waals surface area contributed by atoms with Crippen molar-refractivity contribution in [3.8, 4) is 0 Å². The Morgan fingerprint density at radius 2 is 2.23 bits per heavy atom. The van der Waals surface area contributed by atoms with Gasteiger partial charge >= 0.3 is 5.97 Å². The maximum absolute atomic E-state index is 14.9. The summed E-state index contributed by atoms with van der Waals surface area (Å²) in [6.07, 6.45) is 1.44. The number of hydrogen-bond acceptors (Lipinski definition) is 8. The lowest BCUT2D eigenvalue weighted by Gasteiger charge is -2.36. The highest BCUT2D eigenvalue weighted by Crippen LogP contribution is 2.50. The molecule has 0 aromatic heterocycles. The van der Waals surface area contributed by atoms with Gasteiger partial charge in [0.1, 0.15) is 17.0 Å². The Balaban J connectivity index is 1.57. The number of anilines is 1. The van der Waals surface area contributed by atoms with Crippen molar-refractivity contribution in [1.29, 1.82) is 0 Å². The highest BCUT2D eigenvalue weighted by molar-refractivity contribution is 8.14. The van der Waals surface area contributed by atoms with Crippen molar-refractivity contribution in [1.82, 2.24) is 0 Å². The molecular formula is C22H28FN2O5S-. The molecule has 3 aliphatic rings. The highest BCUT2D eigenvalue weighted by atomic mass is 32.2. The minimum Gasteiger partial charge on any atom is -0.733 e. The van der Waals surface area contributed by atoms with Gasteiger partial charge in [0, 0.05) is 17.2 Å². The molecule has 170 valence electrons. The number of carbonyl (C=O) groups is 1. The first kappa shape index (κ1) is 22.5. The molecule has 4 rings (SSSR count). The molecule has 4 atom stereocenters. The van der Waals surface area contributed by atoms with E-state index >= 15 is 0 Å². The molecule has 2 heterocycles. The van der Waals surface area contributed by atoms with E-state index in [4.69, 9.17) is 19.3 Å². The smallest absolute Gasteiger partial charge is 0.309 e. The van der Waals surface area contributed by atoms with E-state index in [1.807, 2.05) is 20.8 Å². The molecule has 31 heavy (non-hydrogen) atoms. The molecule has 1 saturated heterocycles. The van der Waals surface area contributed by atoms with Gasteiger partial charge in [0.2, 0.25) is 0 Å². The Bertz CT molecular complexity index is 889. The molecule has 0 bridgehead atoms. The van der Waals surface area contributed by atoms with Crippen LogP contribution in [0.5, 0.6) is 0 Å². The van der Waals surface area contributed by atoms with E-state index < -0.39 is 17.0 Å². The molecule has 0 radical (unpaired) electrons. The van der Waals surface area contributed by atoms with Crippen molar-refractivity contribution >= 4 is 28.5 Å². The van der Waals surface area contributed by atoms with E-state index in [1.54, 1.807) is 11.8 Å². The summed E-state index contributed by atoms with van der Waals surface area (Å²) < 4.78 is 26.2. The van der Waals surface area contributed by atoms with Crippen molar-refractivity contribution in [2.75, 3.05) is 31.3 Å². The summed E-state index contributed by atoms with van der Waals surface area (Å²) in [7, 11) is 1.26. The predicted octanol–water partition coefficient (Wildman–Crippen LogP) is 4.05. The van der Waals surface area contributed by atoms with Crippen LogP contribution in [0.25, 0.3) is 0 Å². The third-order valence-corrected chi connectivity index (χ3v) is 7.11. The molecule has 0 amide bonds. The summed E-state index contributed by atoms with van der Waals surface area (Å²) >= 11 is 1.65. The highest BCUT2D eigenvalue weighted by Gasteiger charge is 2.51. The zero-order chi connectivity index (χ0) is 22.4. The average molecular weight is 452 g/mol. The van der Waals surface area contributed by atoms with Crippen molar-refractivity contribution in [3.05, 3.63) is 34.8 Å². The number of fused-ring (bicyclic) bond motifs is 1. The van der Waals surface area contributed by atoms with E-state index in [-0.39, 0.29) is 36.0 Å². The van der Waals surface area contributed by atoms with Crippen LogP contribution >= 0.6 is 11.8 Å². The zero-order valence-electron chi connectivity index (χ0n) is 18.2. The number of benzene rings is 1. The van der Waals surface area contributed by atoms with E-state index in [0.717, 1.165) is 17.2 Å². The number of esters is 1. The van der Waals surface area contributed by atoms with Gasteiger partial charge < -0.3 is 19.9 Å². The first-order valence-corrected chi connectivity index (χ1v) is 11.4. The van der Waals surface area contributed by atoms with Gasteiger partial charge in [0.05, 0.1) is 37.0 Å². The third-order valence-electron chi connectivity index (χ3n) is 5.95. The van der Waals surface area contributed by atoms with Gasteiger partial charge in [-0.3, -0.25) is 14.6 Å². The number of aliphatic imine (C=N–C) groups is 1. The van der Waals surface area contributed by atoms with Crippen LogP contribution in [0, 0.1) is 28.8 Å². The van der Waals surface area contributed by atoms with Crippen molar-refractivity contribution in [2.24, 2.45) is 22.7 Å². The molecule has 2 unspecified atom stereocenters. The number of ether oxygens (including phenoxy) is 2. The van der Waals surface area contributed by atoms with Crippen LogP contribution in [0.3, 0.4) is 0 Å². The quantitative estimate of drug-likeness (QED) is 0.477. The maximum Gasteiger partial charge on any atom is 0.309 e. The Kier molecular flexibility index (Phi) is 6.06. The third kappa shape index (κ3) is 4.60. The Labute approximate surface area is 185 Å². The van der Waals surface area contributed by atoms with E-state index in [1.165, 1.54) is 25.3 Å². The standard InChI is InChI=1S/C22H28FN2O5S/c1-21(2,3)30-20(26)16-7-13(16)8-19-24-22(12-29-10-14(22)11-31-19)17-9-15(25(27)28-4)5-6-18(17)23/h5-6,9,13-14,16H,7-8,10-12H2,1-4H3/q-1/t13?,14-,16-,22?/m0/s1. The number of nitrogens with zero attached hydrogens (tertiary/aromatic N) is 2. The molecular weight excluding hydrogens is 423 g/mol. The van der Waals surface area contributed by atoms with Gasteiger partial charge in [-0.1, -0.05) is 0 Å². The lowest BCUT2D eigenvalue weighted by molar-refractivity contribution is -0.156. The van der Waals surface area contributed by atoms with Crippen LogP contribution in [-0.4, -0.2) is 42.7 Å². The Hall–Kier alpha value is -1.68. The van der Waals surface area contributed by atoms with Crippen LogP contribution in [0.1, 0.15) is 39.2 Å². The van der Waals surface area contributed by atoms with Gasteiger partial charge in [-0.25, -0.2) is 4.39 Å². The van der Waals surface area contributed by atoms with Crippen LogP contribution in [-0.2, 0) is 24.6 Å². The maximum atomic E-state index is 14.9. The van der Waals surface area contributed by atoms with Crippen molar-refractivity contribution < 1.29 is 23.5 Å². The molecule has 9 heteroatoms. The number of rotatable bonds is 6. The Morgan fingerprint density at radius 3 is 2.94 bits per heavy atom. The fourth-order valence-electron chi connectivity index (χ4n) is 4.26. The topological polar surface area (TPSA) is 83.4 Å². The second-order valence-corrected chi connectivity index (χ2v) is 10.5. The van der Waals surface area contributed by atoms with Crippen molar-refractivity contribution in [3.63, 3.8) is 0 Å². The summed E-state index contributed by atoms with van der Waals surface area (Å²) in [4.78, 5) is 22.0. The van der Waals surface area contributed by atoms with Gasteiger partial charge in [-0.15, -0.1) is 11.8 Å². The molecule has 0 N–H and O–H groups in total.